The number of aromatic amines is 1. The molecule has 3 N–H and O–H groups in total. The van der Waals surface area contributed by atoms with Crippen molar-refractivity contribution in [2.45, 2.75) is 12.8 Å². The van der Waals surface area contributed by atoms with Crippen LogP contribution in [0, 0.1) is 5.92 Å². The summed E-state index contributed by atoms with van der Waals surface area (Å²) >= 11 is 0. The molecule has 1 saturated heterocycles. The molecule has 3 rings (SSSR count). The SMILES string of the molecule is NCC1CCN(C(=O)c2c[nH]c3ccccc23)CC1. The number of rotatable bonds is 2. The number of amides is 1. The monoisotopic (exact) mass is 257 g/mol. The molecule has 4 nitrogen and oxygen atoms in total. The van der Waals surface area contributed by atoms with Crippen LogP contribution < -0.4 is 5.73 Å². The highest BCUT2D eigenvalue weighted by Gasteiger charge is 2.24. The van der Waals surface area contributed by atoms with Crippen LogP contribution in [0.5, 0.6) is 0 Å². The van der Waals surface area contributed by atoms with Crippen LogP contribution in [0.3, 0.4) is 0 Å². The van der Waals surface area contributed by atoms with Crippen LogP contribution in [0.15, 0.2) is 30.5 Å². The van der Waals surface area contributed by atoms with Crippen molar-refractivity contribution in [3.8, 4) is 0 Å². The highest BCUT2D eigenvalue weighted by molar-refractivity contribution is 6.06. The second-order valence-electron chi connectivity index (χ2n) is 5.22. The van der Waals surface area contributed by atoms with Crippen LogP contribution >= 0.6 is 0 Å². The van der Waals surface area contributed by atoms with Crippen molar-refractivity contribution in [3.05, 3.63) is 36.0 Å². The molecule has 1 aliphatic heterocycles. The first-order valence-electron chi connectivity index (χ1n) is 6.85. The van der Waals surface area contributed by atoms with E-state index in [-0.39, 0.29) is 5.91 Å². The second kappa shape index (κ2) is 5.05. The van der Waals surface area contributed by atoms with Gasteiger partial charge >= 0.3 is 0 Å². The Balaban J connectivity index is 1.81. The Bertz CT molecular complexity index is 582. The maximum absolute atomic E-state index is 12.5. The number of nitrogens with two attached hydrogens (primary N) is 1. The summed E-state index contributed by atoms with van der Waals surface area (Å²) in [5, 5.41) is 1.01. The Morgan fingerprint density at radius 2 is 2.05 bits per heavy atom. The van der Waals surface area contributed by atoms with Gasteiger partial charge in [-0.3, -0.25) is 4.79 Å². The largest absolute Gasteiger partial charge is 0.360 e. The lowest BCUT2D eigenvalue weighted by atomic mass is 9.96. The predicted octanol–water partition coefficient (Wildman–Crippen LogP) is 1.98. The summed E-state index contributed by atoms with van der Waals surface area (Å²) in [5.74, 6) is 0.708. The quantitative estimate of drug-likeness (QED) is 0.864. The Labute approximate surface area is 112 Å². The van der Waals surface area contributed by atoms with Crippen molar-refractivity contribution in [2.75, 3.05) is 19.6 Å². The molecule has 1 aliphatic rings. The lowest BCUT2D eigenvalue weighted by Gasteiger charge is -2.31. The maximum atomic E-state index is 12.5. The van der Waals surface area contributed by atoms with Gasteiger partial charge in [-0.05, 0) is 31.4 Å². The van der Waals surface area contributed by atoms with E-state index < -0.39 is 0 Å². The van der Waals surface area contributed by atoms with E-state index in [4.69, 9.17) is 5.73 Å². The molecule has 0 unspecified atom stereocenters. The number of nitrogens with one attached hydrogen (secondary N) is 1. The molecule has 1 fully saturated rings. The van der Waals surface area contributed by atoms with Gasteiger partial charge in [0.1, 0.15) is 0 Å². The van der Waals surface area contributed by atoms with Gasteiger partial charge in [-0.15, -0.1) is 0 Å². The van der Waals surface area contributed by atoms with Crippen molar-refractivity contribution in [1.29, 1.82) is 0 Å². The van der Waals surface area contributed by atoms with Gasteiger partial charge in [-0.25, -0.2) is 0 Å². The van der Waals surface area contributed by atoms with Crippen LogP contribution in [0.4, 0.5) is 0 Å². The van der Waals surface area contributed by atoms with Gasteiger partial charge in [0.2, 0.25) is 0 Å². The molecule has 1 aromatic carbocycles. The number of piperidine rings is 1. The first-order chi connectivity index (χ1) is 9.29. The van der Waals surface area contributed by atoms with E-state index in [2.05, 4.69) is 4.98 Å². The van der Waals surface area contributed by atoms with Gasteiger partial charge in [-0.1, -0.05) is 18.2 Å². The fraction of sp³-hybridized carbons (Fsp3) is 0.400. The van der Waals surface area contributed by atoms with Crippen molar-refractivity contribution in [3.63, 3.8) is 0 Å². The lowest BCUT2D eigenvalue weighted by molar-refractivity contribution is 0.0695. The third-order valence-corrected chi connectivity index (χ3v) is 4.05. The standard InChI is InChI=1S/C15H19N3O/c16-9-11-5-7-18(8-6-11)15(19)13-10-17-14-4-2-1-3-12(13)14/h1-4,10-11,17H,5-9,16H2. The minimum absolute atomic E-state index is 0.132. The Hall–Kier alpha value is -1.81. The molecular formula is C15H19N3O. The number of fused-ring (bicyclic) bond motifs is 1. The van der Waals surface area contributed by atoms with Gasteiger partial charge in [0, 0.05) is 30.2 Å². The molecule has 0 spiro atoms. The summed E-state index contributed by atoms with van der Waals surface area (Å²) in [6.07, 6.45) is 3.86. The number of carbonyl (C=O) groups excluding carboxylic acids is 1. The third kappa shape index (κ3) is 2.24. The average Bonchev–Trinajstić information content (AvgIpc) is 2.90. The highest BCUT2D eigenvalue weighted by atomic mass is 16.2. The number of carbonyl (C=O) groups is 1. The molecule has 0 aliphatic carbocycles. The zero-order chi connectivity index (χ0) is 13.2. The maximum Gasteiger partial charge on any atom is 0.256 e. The zero-order valence-corrected chi connectivity index (χ0v) is 10.9. The van der Waals surface area contributed by atoms with Crippen LogP contribution in [-0.2, 0) is 0 Å². The van der Waals surface area contributed by atoms with E-state index >= 15 is 0 Å². The minimum Gasteiger partial charge on any atom is -0.360 e. The number of nitrogens with zero attached hydrogens (tertiary/aromatic N) is 1. The predicted molar refractivity (Wildman–Crippen MR) is 76.0 cm³/mol. The van der Waals surface area contributed by atoms with E-state index in [1.165, 1.54) is 0 Å². The number of hydrogen-bond donors (Lipinski definition) is 2. The summed E-state index contributed by atoms with van der Waals surface area (Å²) in [4.78, 5) is 17.7. The van der Waals surface area contributed by atoms with Gasteiger partial charge < -0.3 is 15.6 Å². The molecule has 19 heavy (non-hydrogen) atoms. The van der Waals surface area contributed by atoms with Gasteiger partial charge in [0.25, 0.3) is 5.91 Å². The normalized spacial score (nSPS) is 17.0. The Morgan fingerprint density at radius 1 is 1.32 bits per heavy atom. The summed E-state index contributed by atoms with van der Waals surface area (Å²) in [7, 11) is 0. The topological polar surface area (TPSA) is 62.1 Å². The number of para-hydroxylation sites is 1. The highest BCUT2D eigenvalue weighted by Crippen LogP contribution is 2.22. The number of H-pyrrole nitrogens is 1. The third-order valence-electron chi connectivity index (χ3n) is 4.05. The average molecular weight is 257 g/mol. The van der Waals surface area contributed by atoms with Crippen molar-refractivity contribution < 1.29 is 4.79 Å². The van der Waals surface area contributed by atoms with Gasteiger partial charge in [-0.2, -0.15) is 0 Å². The molecule has 4 heteroatoms. The molecule has 2 heterocycles. The number of aromatic nitrogens is 1. The molecule has 1 amide bonds. The van der Waals surface area contributed by atoms with Crippen molar-refractivity contribution in [2.24, 2.45) is 11.7 Å². The molecule has 0 bridgehead atoms. The Morgan fingerprint density at radius 3 is 2.79 bits per heavy atom. The number of benzene rings is 1. The van der Waals surface area contributed by atoms with E-state index in [0.29, 0.717) is 5.92 Å². The lowest BCUT2D eigenvalue weighted by Crippen LogP contribution is -2.40. The molecule has 100 valence electrons. The minimum atomic E-state index is 0.132. The number of hydrogen-bond acceptors (Lipinski definition) is 2. The van der Waals surface area contributed by atoms with Gasteiger partial charge in [0.05, 0.1) is 5.56 Å². The first kappa shape index (κ1) is 12.2. The summed E-state index contributed by atoms with van der Waals surface area (Å²) in [6.45, 7) is 2.37. The van der Waals surface area contributed by atoms with Crippen molar-refractivity contribution >= 4 is 16.8 Å². The fourth-order valence-corrected chi connectivity index (χ4v) is 2.79. The Kier molecular flexibility index (Phi) is 3.25. The molecule has 0 saturated carbocycles. The summed E-state index contributed by atoms with van der Waals surface area (Å²) < 4.78 is 0. The summed E-state index contributed by atoms with van der Waals surface area (Å²) in [5.41, 5.74) is 7.48. The second-order valence-corrected chi connectivity index (χ2v) is 5.22. The molecule has 2 aromatic rings. The fourth-order valence-electron chi connectivity index (χ4n) is 2.79. The molecule has 0 radical (unpaired) electrons. The zero-order valence-electron chi connectivity index (χ0n) is 10.9. The summed E-state index contributed by atoms with van der Waals surface area (Å²) in [6, 6.07) is 7.92. The number of likely N-dealkylation sites (tertiary alicyclic amines) is 1. The van der Waals surface area contributed by atoms with Gasteiger partial charge in [0.15, 0.2) is 0 Å². The van der Waals surface area contributed by atoms with E-state index in [1.807, 2.05) is 35.4 Å². The molecule has 1 aromatic heterocycles. The molecule has 0 atom stereocenters. The van der Waals surface area contributed by atoms with Crippen molar-refractivity contribution in [1.82, 2.24) is 9.88 Å². The van der Waals surface area contributed by atoms with E-state index in [9.17, 15) is 4.79 Å². The van der Waals surface area contributed by atoms with Crippen LogP contribution in [0.1, 0.15) is 23.2 Å². The van der Waals surface area contributed by atoms with Crippen LogP contribution in [-0.4, -0.2) is 35.4 Å². The van der Waals surface area contributed by atoms with Crippen LogP contribution in [0.2, 0.25) is 0 Å². The smallest absolute Gasteiger partial charge is 0.256 e. The molecular weight excluding hydrogens is 238 g/mol. The van der Waals surface area contributed by atoms with Crippen LogP contribution in [0.25, 0.3) is 10.9 Å². The van der Waals surface area contributed by atoms with E-state index in [1.54, 1.807) is 0 Å². The van der Waals surface area contributed by atoms with E-state index in [0.717, 1.165) is 48.9 Å². The first-order valence-corrected chi connectivity index (χ1v) is 6.85.